The van der Waals surface area contributed by atoms with Crippen LogP contribution in [0.5, 0.6) is 0 Å². The third kappa shape index (κ3) is 4.25. The second-order valence-electron chi connectivity index (χ2n) is 10.00. The van der Waals surface area contributed by atoms with E-state index in [-0.39, 0.29) is 9.88 Å². The van der Waals surface area contributed by atoms with E-state index in [9.17, 15) is 8.42 Å². The molecule has 0 amide bonds. The maximum absolute atomic E-state index is 13.4. The van der Waals surface area contributed by atoms with Crippen molar-refractivity contribution in [3.8, 4) is 22.4 Å². The minimum Gasteiger partial charge on any atom is -0.325 e. The number of thiocarbonyl (C=S) groups is 1. The van der Waals surface area contributed by atoms with Crippen LogP contribution >= 0.6 is 12.2 Å². The fourth-order valence-corrected chi connectivity index (χ4v) is 6.91. The number of sulfonamides is 1. The van der Waals surface area contributed by atoms with Crippen molar-refractivity contribution in [3.05, 3.63) is 107 Å². The van der Waals surface area contributed by atoms with Crippen molar-refractivity contribution in [2.24, 2.45) is 0 Å². The Hall–Kier alpha value is -3.68. The molecule has 0 unspecified atom stereocenters. The fourth-order valence-electron chi connectivity index (χ4n) is 5.43. The van der Waals surface area contributed by atoms with Gasteiger partial charge >= 0.3 is 0 Å². The summed E-state index contributed by atoms with van der Waals surface area (Å²) in [6.45, 7) is 4.89. The minimum atomic E-state index is -3.85. The summed E-state index contributed by atoms with van der Waals surface area (Å²) in [5.74, 6) is 0. The van der Waals surface area contributed by atoms with Crippen molar-refractivity contribution in [3.63, 3.8) is 0 Å². The highest BCUT2D eigenvalue weighted by Gasteiger charge is 2.29. The Kier molecular flexibility index (Phi) is 6.20. The van der Waals surface area contributed by atoms with E-state index in [0.717, 1.165) is 59.4 Å². The zero-order chi connectivity index (χ0) is 26.4. The Labute approximate surface area is 228 Å². The van der Waals surface area contributed by atoms with Gasteiger partial charge in [0.25, 0.3) is 10.0 Å². The van der Waals surface area contributed by atoms with Crippen LogP contribution < -0.4 is 4.72 Å². The monoisotopic (exact) mass is 539 g/mol. The van der Waals surface area contributed by atoms with E-state index in [1.807, 2.05) is 25.1 Å². The third-order valence-electron chi connectivity index (χ3n) is 7.32. The van der Waals surface area contributed by atoms with Crippen LogP contribution in [0.15, 0.2) is 90.0 Å². The first kappa shape index (κ1) is 24.6. The van der Waals surface area contributed by atoms with Crippen LogP contribution in [0.3, 0.4) is 0 Å². The first-order valence-electron chi connectivity index (χ1n) is 12.9. The normalized spacial score (nSPS) is 13.4. The lowest BCUT2D eigenvalue weighted by Crippen LogP contribution is -2.31. The molecule has 5 aromatic rings. The lowest BCUT2D eigenvalue weighted by Gasteiger charge is -2.13. The Morgan fingerprint density at radius 1 is 0.842 bits per heavy atom. The van der Waals surface area contributed by atoms with Crippen molar-refractivity contribution in [1.82, 2.24) is 13.7 Å². The third-order valence-corrected chi connectivity index (χ3v) is 9.11. The molecule has 0 radical (unpaired) electrons. The van der Waals surface area contributed by atoms with Crippen LogP contribution in [0.25, 0.3) is 28.0 Å². The molecule has 0 atom stereocenters. The van der Waals surface area contributed by atoms with Gasteiger partial charge in [0, 0.05) is 23.9 Å². The van der Waals surface area contributed by atoms with Gasteiger partial charge in [-0.25, -0.2) is 8.42 Å². The average molecular weight is 540 g/mol. The van der Waals surface area contributed by atoms with Crippen LogP contribution in [0.4, 0.5) is 0 Å². The Bertz CT molecular complexity index is 1760. The van der Waals surface area contributed by atoms with E-state index >= 15 is 0 Å². The van der Waals surface area contributed by atoms with Gasteiger partial charge in [-0.3, -0.25) is 9.12 Å². The van der Waals surface area contributed by atoms with Crippen molar-refractivity contribution in [2.45, 2.75) is 44.6 Å². The zero-order valence-electron chi connectivity index (χ0n) is 21.4. The van der Waals surface area contributed by atoms with Gasteiger partial charge in [-0.1, -0.05) is 90.1 Å². The Balaban J connectivity index is 1.58. The molecule has 192 valence electrons. The largest absolute Gasteiger partial charge is 0.325 e. The maximum atomic E-state index is 13.4. The summed E-state index contributed by atoms with van der Waals surface area (Å²) < 4.78 is 34.0. The van der Waals surface area contributed by atoms with Crippen molar-refractivity contribution >= 4 is 32.9 Å². The van der Waals surface area contributed by atoms with Gasteiger partial charge < -0.3 is 4.57 Å². The smallest absolute Gasteiger partial charge is 0.262 e. The van der Waals surface area contributed by atoms with E-state index in [1.165, 1.54) is 11.1 Å². The molecule has 7 heteroatoms. The fraction of sp³-hybridized carbons (Fsp3) is 0.194. The molecule has 0 saturated heterocycles. The van der Waals surface area contributed by atoms with Gasteiger partial charge in [0.15, 0.2) is 0 Å². The van der Waals surface area contributed by atoms with Gasteiger partial charge in [0.05, 0.1) is 16.3 Å². The molecular formula is C31H29N3O2S2. The van der Waals surface area contributed by atoms with Crippen LogP contribution in [0.2, 0.25) is 0 Å². The molecule has 2 aromatic heterocycles. The Morgan fingerprint density at radius 2 is 1.50 bits per heavy atom. The Morgan fingerprint density at radius 3 is 2.18 bits per heavy atom. The summed E-state index contributed by atoms with van der Waals surface area (Å²) in [5, 5.41) is 0. The zero-order valence-corrected chi connectivity index (χ0v) is 23.1. The second-order valence-corrected chi connectivity index (χ2v) is 12.1. The molecule has 3 heterocycles. The minimum absolute atomic E-state index is 0.194. The summed E-state index contributed by atoms with van der Waals surface area (Å²) in [6.07, 6.45) is 5.14. The second kappa shape index (κ2) is 9.57. The molecule has 0 aliphatic carbocycles. The van der Waals surface area contributed by atoms with Crippen molar-refractivity contribution in [1.29, 1.82) is 0 Å². The van der Waals surface area contributed by atoms with Crippen molar-refractivity contribution in [2.75, 3.05) is 0 Å². The number of nitrogens with zero attached hydrogens (tertiary/aromatic N) is 2. The molecule has 38 heavy (non-hydrogen) atoms. The molecule has 0 saturated carbocycles. The average Bonchev–Trinajstić information content (AvgIpc) is 3.33. The molecule has 0 fully saturated rings. The highest BCUT2D eigenvalue weighted by Crippen LogP contribution is 2.39. The summed E-state index contributed by atoms with van der Waals surface area (Å²) in [7, 11) is -3.85. The van der Waals surface area contributed by atoms with Gasteiger partial charge in [-0.05, 0) is 56.4 Å². The van der Waals surface area contributed by atoms with E-state index in [2.05, 4.69) is 63.2 Å². The molecule has 6 rings (SSSR count). The molecule has 0 bridgehead atoms. The van der Waals surface area contributed by atoms with Crippen LogP contribution in [0.1, 0.15) is 35.2 Å². The number of rotatable bonds is 5. The molecule has 5 nitrogen and oxygen atoms in total. The highest BCUT2D eigenvalue weighted by atomic mass is 32.2. The van der Waals surface area contributed by atoms with Crippen LogP contribution in [-0.2, 0) is 23.0 Å². The number of nitrogens with one attached hydrogen (secondary N) is 1. The lowest BCUT2D eigenvalue weighted by atomic mass is 9.97. The van der Waals surface area contributed by atoms with Crippen LogP contribution in [-0.4, -0.2) is 22.4 Å². The van der Waals surface area contributed by atoms with E-state index in [0.29, 0.717) is 5.69 Å². The summed E-state index contributed by atoms with van der Waals surface area (Å²) in [5.41, 5.74) is 9.44. The van der Waals surface area contributed by atoms with Gasteiger partial charge in [-0.15, -0.1) is 0 Å². The standard InChI is InChI=1S/C31H29N3O2S2/c1-21-11-15-24(16-12-21)28-26-10-6-7-19-33-27(23-8-4-3-5-9-23)20-34(31(26)33)29(28)30(37)32-38(35,36)25-17-13-22(2)14-18-25/h3-5,8-9,11-18,20H,6-7,10,19H2,1-2H3,(H,32,37). The number of aromatic nitrogens is 2. The first-order chi connectivity index (χ1) is 18.3. The number of aryl methyl sites for hydroxylation is 4. The molecule has 1 aliphatic rings. The highest BCUT2D eigenvalue weighted by molar-refractivity contribution is 7.92. The van der Waals surface area contributed by atoms with E-state index in [4.69, 9.17) is 12.2 Å². The quantitative estimate of drug-likeness (QED) is 0.254. The molecule has 0 spiro atoms. The molecular weight excluding hydrogens is 510 g/mol. The van der Waals surface area contributed by atoms with E-state index in [1.54, 1.807) is 24.3 Å². The molecule has 1 aliphatic heterocycles. The number of imidazole rings is 1. The van der Waals surface area contributed by atoms with Gasteiger partial charge in [0.1, 0.15) is 10.6 Å². The van der Waals surface area contributed by atoms with Gasteiger partial charge in [0.2, 0.25) is 0 Å². The number of hydrogen-bond donors (Lipinski definition) is 1. The number of benzene rings is 3. The van der Waals surface area contributed by atoms with Crippen molar-refractivity contribution < 1.29 is 8.42 Å². The van der Waals surface area contributed by atoms with E-state index < -0.39 is 10.0 Å². The predicted molar refractivity (Wildman–Crippen MR) is 157 cm³/mol. The topological polar surface area (TPSA) is 55.5 Å². The first-order valence-corrected chi connectivity index (χ1v) is 14.8. The lowest BCUT2D eigenvalue weighted by molar-refractivity contribution is 0.593. The molecule has 1 N–H and O–H groups in total. The summed E-state index contributed by atoms with van der Waals surface area (Å²) in [4.78, 5) is 0.388. The summed E-state index contributed by atoms with van der Waals surface area (Å²) in [6, 6.07) is 25.5. The molecule has 3 aromatic carbocycles. The maximum Gasteiger partial charge on any atom is 0.262 e. The predicted octanol–water partition coefficient (Wildman–Crippen LogP) is 6.68. The number of hydrogen-bond acceptors (Lipinski definition) is 3. The SMILES string of the molecule is Cc1ccc(-c2c3c4n(c(-c5ccccc5)cn4c2C(=S)NS(=O)(=O)c2ccc(C)cc2)CCCC3)cc1. The van der Waals surface area contributed by atoms with Crippen LogP contribution in [0, 0.1) is 13.8 Å². The summed E-state index contributed by atoms with van der Waals surface area (Å²) >= 11 is 5.90. The van der Waals surface area contributed by atoms with Gasteiger partial charge in [-0.2, -0.15) is 0 Å².